The van der Waals surface area contributed by atoms with Crippen molar-refractivity contribution in [2.45, 2.75) is 128 Å². The highest BCUT2D eigenvalue weighted by atomic mass is 32.2. The van der Waals surface area contributed by atoms with E-state index in [2.05, 4.69) is 42.5 Å². The number of nitrogens with zero attached hydrogens (tertiary/aromatic N) is 1. The minimum atomic E-state index is -4.48. The molecule has 0 saturated carbocycles. The van der Waals surface area contributed by atoms with Gasteiger partial charge < -0.3 is 80.8 Å². The monoisotopic (exact) mass is 1090 g/mol. The molecule has 0 spiro atoms. The fourth-order valence-electron chi connectivity index (χ4n) is 7.18. The number of hydrogen-bond acceptors (Lipinski definition) is 17. The number of likely N-dealkylation sites (N-methyl/N-ethyl adjacent to an activating group) is 1. The summed E-state index contributed by atoms with van der Waals surface area (Å²) in [4.78, 5) is 142. The van der Waals surface area contributed by atoms with E-state index in [1.165, 1.54) is 13.8 Å². The first-order chi connectivity index (χ1) is 35.0. The Kier molecular flexibility index (Phi) is 28.6. The summed E-state index contributed by atoms with van der Waals surface area (Å²) >= 11 is 0. The second kappa shape index (κ2) is 32.4. The van der Waals surface area contributed by atoms with Crippen molar-refractivity contribution in [3.63, 3.8) is 0 Å². The van der Waals surface area contributed by atoms with Gasteiger partial charge in [-0.25, -0.2) is 8.42 Å². The van der Waals surface area contributed by atoms with Gasteiger partial charge in [-0.3, -0.25) is 52.7 Å². The first-order valence-corrected chi connectivity index (χ1v) is 25.5. The Hall–Kier alpha value is -6.86. The smallest absolute Gasteiger partial charge is 0.243 e. The largest absolute Gasteiger partial charge is 0.394 e. The summed E-state index contributed by atoms with van der Waals surface area (Å²) in [6.45, 7) is 5.70. The van der Waals surface area contributed by atoms with Crippen molar-refractivity contribution in [3.8, 4) is 0 Å². The molecule has 30 heteroatoms. The van der Waals surface area contributed by atoms with Crippen molar-refractivity contribution in [2.24, 2.45) is 34.8 Å². The zero-order chi connectivity index (χ0) is 57.3. The van der Waals surface area contributed by atoms with Gasteiger partial charge in [0.25, 0.3) is 0 Å². The van der Waals surface area contributed by atoms with Crippen LogP contribution in [-0.2, 0) is 69.2 Å². The Balaban J connectivity index is 3.26. The van der Waals surface area contributed by atoms with Gasteiger partial charge >= 0.3 is 0 Å². The van der Waals surface area contributed by atoms with Crippen molar-refractivity contribution in [3.05, 3.63) is 35.9 Å². The van der Waals surface area contributed by atoms with Gasteiger partial charge in [-0.15, -0.1) is 0 Å². The van der Waals surface area contributed by atoms with E-state index >= 15 is 0 Å². The number of amides is 11. The molecule has 0 aliphatic carbocycles. The summed E-state index contributed by atoms with van der Waals surface area (Å²) in [6.07, 6.45) is -1.42. The third-order valence-corrected chi connectivity index (χ3v) is 13.4. The number of rotatable bonds is 35. The van der Waals surface area contributed by atoms with Gasteiger partial charge in [-0.1, -0.05) is 71.4 Å². The third kappa shape index (κ3) is 23.1. The van der Waals surface area contributed by atoms with Crippen molar-refractivity contribution in [1.82, 2.24) is 46.8 Å². The minimum Gasteiger partial charge on any atom is -0.394 e. The molecule has 1 aromatic rings. The van der Waals surface area contributed by atoms with Crippen molar-refractivity contribution >= 4 is 75.0 Å². The average Bonchev–Trinajstić information content (AvgIpc) is 3.33. The number of nitrogens with two attached hydrogens (primary N) is 4. The van der Waals surface area contributed by atoms with E-state index in [0.717, 1.165) is 0 Å². The maximum absolute atomic E-state index is 13.9. The molecule has 75 heavy (non-hydrogen) atoms. The number of sulfonamides is 1. The zero-order valence-corrected chi connectivity index (χ0v) is 43.6. The van der Waals surface area contributed by atoms with Crippen LogP contribution < -0.4 is 65.5 Å². The average molecular weight is 1090 g/mol. The van der Waals surface area contributed by atoms with Crippen LogP contribution in [0, 0.1) is 11.8 Å². The summed E-state index contributed by atoms with van der Waals surface area (Å²) < 4.78 is 28.4. The van der Waals surface area contributed by atoms with Crippen LogP contribution in [0.2, 0.25) is 0 Å². The number of hydrogen-bond donors (Lipinski definition) is 15. The molecule has 1 rings (SSSR count). The van der Waals surface area contributed by atoms with E-state index in [9.17, 15) is 76.5 Å². The Bertz CT molecular complexity index is 2260. The standard InChI is InChI=1S/C45H75N13O16S/c1-7-24(5)37(45(72)52-27(14-23(3)4)22-75(73,74)58(8-2)33(21-61)44(71)56-32(20-60)38(49)65)57-39(66)25(6)51-36(64)18-50-41(68)29(15-26-12-10-9-11-13-26)54-43(70)31(17-35(48)63)55-42(69)30(16-34(47)62)53-40(67)28(46)19-59/h9-13,23-25,27-33,37,59-61H,7-8,14-22,46H2,1-6H3,(H2,47,62)(H2,48,63)(H2,49,65)(H,50,68)(H,51,64)(H,52,72)(H,53,67)(H,54,70)(H,55,69)(H,56,71)(H,57,66)/t24-,25-,27-,28-,29-,30-,31-,32-,33-,37-/m0/s1. The highest BCUT2D eigenvalue weighted by Crippen LogP contribution is 2.16. The zero-order valence-electron chi connectivity index (χ0n) is 42.8. The molecule has 0 radical (unpaired) electrons. The second-order valence-electron chi connectivity index (χ2n) is 18.0. The number of primary amides is 3. The lowest BCUT2D eigenvalue weighted by atomic mass is 9.97. The van der Waals surface area contributed by atoms with Gasteiger partial charge in [0.15, 0.2) is 0 Å². The molecule has 10 atom stereocenters. The number of nitrogens with one attached hydrogen (secondary N) is 8. The lowest BCUT2D eigenvalue weighted by Gasteiger charge is -2.32. The Morgan fingerprint density at radius 3 is 1.61 bits per heavy atom. The van der Waals surface area contributed by atoms with Crippen LogP contribution in [0.5, 0.6) is 0 Å². The predicted molar refractivity (Wildman–Crippen MR) is 267 cm³/mol. The van der Waals surface area contributed by atoms with Crippen molar-refractivity contribution < 1.29 is 76.5 Å². The maximum Gasteiger partial charge on any atom is 0.243 e. The number of carbonyl (C=O) groups excluding carboxylic acids is 11. The number of aliphatic hydroxyl groups is 3. The molecule has 0 aromatic heterocycles. The van der Waals surface area contributed by atoms with E-state index < -0.39 is 180 Å². The fourth-order valence-corrected chi connectivity index (χ4v) is 9.05. The van der Waals surface area contributed by atoms with Gasteiger partial charge in [0, 0.05) is 19.0 Å². The lowest BCUT2D eigenvalue weighted by molar-refractivity contribution is -0.136. The summed E-state index contributed by atoms with van der Waals surface area (Å²) in [5, 5.41) is 47.5. The van der Waals surface area contributed by atoms with Crippen LogP contribution in [0.4, 0.5) is 0 Å². The molecule has 0 aliphatic heterocycles. The first kappa shape index (κ1) is 66.2. The van der Waals surface area contributed by atoms with Crippen molar-refractivity contribution in [2.75, 3.05) is 38.7 Å². The second-order valence-corrected chi connectivity index (χ2v) is 20.0. The molecule has 11 amide bonds. The van der Waals surface area contributed by atoms with Crippen molar-refractivity contribution in [1.29, 1.82) is 0 Å². The van der Waals surface area contributed by atoms with Gasteiger partial charge in [0.05, 0.1) is 45.0 Å². The van der Waals surface area contributed by atoms with E-state index in [-0.39, 0.29) is 25.3 Å². The SMILES string of the molecule is CC[C@H](C)[C@H](NC(=O)[C@H](C)NC(=O)CNC(=O)[C@H](Cc1ccccc1)NC(=O)[C@H](CC(N)=O)NC(=O)[C@H](CC(N)=O)NC(=O)[C@@H](N)CO)C(=O)N[C@@H](CC(C)C)CS(=O)(=O)N(CC)[C@@H](CO)C(=O)N[C@@H](CO)C(N)=O. The summed E-state index contributed by atoms with van der Waals surface area (Å²) in [5.74, 6) is -12.8. The van der Waals surface area contributed by atoms with Crippen LogP contribution in [0.15, 0.2) is 30.3 Å². The Morgan fingerprint density at radius 1 is 0.613 bits per heavy atom. The molecule has 0 heterocycles. The van der Waals surface area contributed by atoms with E-state index in [0.29, 0.717) is 16.3 Å². The topological polar surface area (TPSA) is 486 Å². The molecule has 29 nitrogen and oxygen atoms in total. The molecule has 19 N–H and O–H groups in total. The summed E-state index contributed by atoms with van der Waals surface area (Å²) in [7, 11) is -4.48. The highest BCUT2D eigenvalue weighted by molar-refractivity contribution is 7.89. The summed E-state index contributed by atoms with van der Waals surface area (Å²) in [6, 6.07) is -5.43. The van der Waals surface area contributed by atoms with Gasteiger partial charge in [-0.2, -0.15) is 4.31 Å². The molecular formula is C45H75N13O16S. The quantitative estimate of drug-likeness (QED) is 0.0300. The lowest BCUT2D eigenvalue weighted by Crippen LogP contribution is -2.60. The third-order valence-electron chi connectivity index (χ3n) is 11.4. The van der Waals surface area contributed by atoms with Crippen LogP contribution in [0.1, 0.15) is 72.8 Å². The van der Waals surface area contributed by atoms with Crippen LogP contribution >= 0.6 is 0 Å². The maximum atomic E-state index is 13.9. The molecular weight excluding hydrogens is 1010 g/mol. The molecule has 422 valence electrons. The Morgan fingerprint density at radius 2 is 1.15 bits per heavy atom. The normalized spacial score (nSPS) is 15.4. The van der Waals surface area contributed by atoms with Gasteiger partial charge in [0.1, 0.15) is 48.3 Å². The highest BCUT2D eigenvalue weighted by Gasteiger charge is 2.38. The summed E-state index contributed by atoms with van der Waals surface area (Å²) in [5.41, 5.74) is 21.7. The van der Waals surface area contributed by atoms with Crippen LogP contribution in [0.3, 0.4) is 0 Å². The van der Waals surface area contributed by atoms with Gasteiger partial charge in [-0.05, 0) is 30.7 Å². The first-order valence-electron chi connectivity index (χ1n) is 23.9. The van der Waals surface area contributed by atoms with E-state index in [1.54, 1.807) is 58.0 Å². The Labute approximate surface area is 434 Å². The number of carbonyl (C=O) groups is 11. The van der Waals surface area contributed by atoms with Crippen LogP contribution in [0.25, 0.3) is 0 Å². The van der Waals surface area contributed by atoms with Gasteiger partial charge in [0.2, 0.25) is 75.0 Å². The molecule has 0 unspecified atom stereocenters. The minimum absolute atomic E-state index is 0.0922. The molecule has 0 fully saturated rings. The number of benzene rings is 1. The molecule has 1 aromatic carbocycles. The number of aliphatic hydroxyl groups excluding tert-OH is 3. The van der Waals surface area contributed by atoms with E-state index in [1.807, 2.05) is 0 Å². The van der Waals surface area contributed by atoms with E-state index in [4.69, 9.17) is 22.9 Å². The predicted octanol–water partition coefficient (Wildman–Crippen LogP) is -7.59. The molecule has 0 aliphatic rings. The molecule has 0 saturated heterocycles. The van der Waals surface area contributed by atoms with Crippen LogP contribution in [-0.4, -0.2) is 186 Å². The fraction of sp³-hybridized carbons (Fsp3) is 0.622. The molecule has 0 bridgehead atoms.